The molecule has 0 saturated carbocycles. The molecule has 1 heterocycles. The van der Waals surface area contributed by atoms with Crippen LogP contribution in [0, 0.1) is 0 Å². The first kappa shape index (κ1) is 11.7. The number of fused-ring (bicyclic) bond motifs is 1. The highest BCUT2D eigenvalue weighted by Crippen LogP contribution is 2.19. The van der Waals surface area contributed by atoms with Gasteiger partial charge in [0.25, 0.3) is 0 Å². The summed E-state index contributed by atoms with van der Waals surface area (Å²) in [7, 11) is 4.17. The molecule has 90 valence electrons. The molecular formula is C13H18N4. The number of aromatic amines is 1. The van der Waals surface area contributed by atoms with E-state index in [1.54, 1.807) is 6.21 Å². The molecule has 0 amide bonds. The monoisotopic (exact) mass is 230 g/mol. The second kappa shape index (κ2) is 5.01. The van der Waals surface area contributed by atoms with Crippen LogP contribution in [-0.2, 0) is 6.42 Å². The summed E-state index contributed by atoms with van der Waals surface area (Å²) in [5.41, 5.74) is 3.53. The zero-order valence-corrected chi connectivity index (χ0v) is 10.3. The highest BCUT2D eigenvalue weighted by Gasteiger charge is 2.04. The molecule has 0 fully saturated rings. The molecule has 3 N–H and O–H groups in total. The van der Waals surface area contributed by atoms with Crippen LogP contribution in [0.2, 0.25) is 0 Å². The fourth-order valence-electron chi connectivity index (χ4n) is 1.91. The predicted molar refractivity (Wildman–Crippen MR) is 72.3 cm³/mol. The minimum absolute atomic E-state index is 1.03. The third-order valence-corrected chi connectivity index (χ3v) is 2.84. The Labute approximate surface area is 101 Å². The van der Waals surface area contributed by atoms with Crippen molar-refractivity contribution >= 4 is 17.1 Å². The summed E-state index contributed by atoms with van der Waals surface area (Å²) in [4.78, 5) is 5.47. The van der Waals surface area contributed by atoms with Crippen LogP contribution in [0.5, 0.6) is 0 Å². The van der Waals surface area contributed by atoms with E-state index in [0.717, 1.165) is 24.0 Å². The van der Waals surface area contributed by atoms with E-state index in [1.165, 1.54) is 10.9 Å². The first-order valence-corrected chi connectivity index (χ1v) is 5.68. The highest BCUT2D eigenvalue weighted by molar-refractivity contribution is 5.90. The molecule has 0 saturated heterocycles. The molecule has 1 aromatic carbocycles. The lowest BCUT2D eigenvalue weighted by molar-refractivity contribution is 0.414. The van der Waals surface area contributed by atoms with E-state index in [9.17, 15) is 0 Å². The molecule has 4 nitrogen and oxygen atoms in total. The van der Waals surface area contributed by atoms with Gasteiger partial charge in [0, 0.05) is 23.6 Å². The molecule has 1 aromatic heterocycles. The number of nitrogens with one attached hydrogen (secondary N) is 1. The number of nitrogens with zero attached hydrogens (tertiary/aromatic N) is 2. The van der Waals surface area contributed by atoms with Gasteiger partial charge in [-0.25, -0.2) is 0 Å². The van der Waals surface area contributed by atoms with Crippen molar-refractivity contribution in [1.82, 2.24) is 9.88 Å². The largest absolute Gasteiger partial charge is 0.361 e. The average molecular weight is 230 g/mol. The van der Waals surface area contributed by atoms with Crippen LogP contribution >= 0.6 is 0 Å². The molecular weight excluding hydrogens is 212 g/mol. The zero-order chi connectivity index (χ0) is 12.3. The van der Waals surface area contributed by atoms with Crippen molar-refractivity contribution in [3.05, 3.63) is 35.5 Å². The van der Waals surface area contributed by atoms with Gasteiger partial charge in [-0.2, -0.15) is 5.10 Å². The molecule has 0 aliphatic rings. The Kier molecular flexibility index (Phi) is 3.44. The number of H-pyrrole nitrogens is 1. The molecule has 17 heavy (non-hydrogen) atoms. The number of benzene rings is 1. The minimum atomic E-state index is 1.03. The number of aromatic nitrogens is 1. The van der Waals surface area contributed by atoms with E-state index in [-0.39, 0.29) is 0 Å². The Bertz CT molecular complexity index is 525. The lowest BCUT2D eigenvalue weighted by Gasteiger charge is -2.08. The van der Waals surface area contributed by atoms with E-state index in [0.29, 0.717) is 0 Å². The third kappa shape index (κ3) is 2.65. The molecule has 0 unspecified atom stereocenters. The molecule has 4 heteroatoms. The fourth-order valence-corrected chi connectivity index (χ4v) is 1.91. The van der Waals surface area contributed by atoms with Crippen LogP contribution in [0.1, 0.15) is 11.1 Å². The summed E-state index contributed by atoms with van der Waals surface area (Å²) in [6.07, 6.45) is 4.79. The van der Waals surface area contributed by atoms with Crippen molar-refractivity contribution in [3.8, 4) is 0 Å². The SMILES string of the molecule is CN(C)CCc1c[nH]c2ccc(C=NN)cc12. The third-order valence-electron chi connectivity index (χ3n) is 2.84. The topological polar surface area (TPSA) is 57.4 Å². The van der Waals surface area contributed by atoms with Gasteiger partial charge < -0.3 is 15.7 Å². The van der Waals surface area contributed by atoms with Crippen LogP contribution in [-0.4, -0.2) is 36.7 Å². The van der Waals surface area contributed by atoms with E-state index < -0.39 is 0 Å². The number of rotatable bonds is 4. The van der Waals surface area contributed by atoms with E-state index in [4.69, 9.17) is 5.84 Å². The molecule has 0 aliphatic heterocycles. The molecule has 0 spiro atoms. The summed E-state index contributed by atoms with van der Waals surface area (Å²) < 4.78 is 0. The van der Waals surface area contributed by atoms with Gasteiger partial charge in [0.15, 0.2) is 0 Å². The standard InChI is InChI=1S/C13H18N4/c1-17(2)6-5-11-9-15-13-4-3-10(8-16-14)7-12(11)13/h3-4,7-9,15H,5-6,14H2,1-2H3. The second-order valence-corrected chi connectivity index (χ2v) is 4.45. The fraction of sp³-hybridized carbons (Fsp3) is 0.308. The quantitative estimate of drug-likeness (QED) is 0.476. The number of nitrogens with two attached hydrogens (primary N) is 1. The van der Waals surface area contributed by atoms with E-state index in [2.05, 4.69) is 47.4 Å². The first-order valence-electron chi connectivity index (χ1n) is 5.68. The van der Waals surface area contributed by atoms with Crippen LogP contribution in [0.3, 0.4) is 0 Å². The Hall–Kier alpha value is -1.81. The summed E-state index contributed by atoms with van der Waals surface area (Å²) in [5.74, 6) is 5.17. The number of hydrazone groups is 1. The Morgan fingerprint density at radius 3 is 2.94 bits per heavy atom. The van der Waals surface area contributed by atoms with Crippen molar-refractivity contribution in [2.75, 3.05) is 20.6 Å². The van der Waals surface area contributed by atoms with Crippen LogP contribution in [0.4, 0.5) is 0 Å². The molecule has 0 atom stereocenters. The van der Waals surface area contributed by atoms with Crippen LogP contribution in [0.15, 0.2) is 29.5 Å². The maximum Gasteiger partial charge on any atom is 0.0538 e. The van der Waals surface area contributed by atoms with Crippen molar-refractivity contribution in [2.24, 2.45) is 10.9 Å². The maximum absolute atomic E-state index is 5.17. The van der Waals surface area contributed by atoms with Gasteiger partial charge >= 0.3 is 0 Å². The first-order chi connectivity index (χ1) is 8.20. The van der Waals surface area contributed by atoms with E-state index in [1.807, 2.05) is 6.07 Å². The van der Waals surface area contributed by atoms with Crippen molar-refractivity contribution in [1.29, 1.82) is 0 Å². The number of hydrogen-bond donors (Lipinski definition) is 2. The Morgan fingerprint density at radius 1 is 1.41 bits per heavy atom. The van der Waals surface area contributed by atoms with Gasteiger partial charge in [-0.1, -0.05) is 6.07 Å². The van der Waals surface area contributed by atoms with E-state index >= 15 is 0 Å². The van der Waals surface area contributed by atoms with Gasteiger partial charge in [-0.3, -0.25) is 0 Å². The lowest BCUT2D eigenvalue weighted by Crippen LogP contribution is -2.14. The van der Waals surface area contributed by atoms with Gasteiger partial charge in [-0.15, -0.1) is 0 Å². The molecule has 2 rings (SSSR count). The molecule has 0 radical (unpaired) electrons. The summed E-state index contributed by atoms with van der Waals surface area (Å²) in [6, 6.07) is 6.18. The van der Waals surface area contributed by atoms with Crippen molar-refractivity contribution in [3.63, 3.8) is 0 Å². The van der Waals surface area contributed by atoms with Gasteiger partial charge in [0.1, 0.15) is 0 Å². The van der Waals surface area contributed by atoms with Crippen LogP contribution < -0.4 is 5.84 Å². The van der Waals surface area contributed by atoms with Gasteiger partial charge in [0.2, 0.25) is 0 Å². The minimum Gasteiger partial charge on any atom is -0.361 e. The Morgan fingerprint density at radius 2 is 2.24 bits per heavy atom. The van der Waals surface area contributed by atoms with Crippen LogP contribution in [0.25, 0.3) is 10.9 Å². The smallest absolute Gasteiger partial charge is 0.0538 e. The zero-order valence-electron chi connectivity index (χ0n) is 10.3. The molecule has 2 aromatic rings. The predicted octanol–water partition coefficient (Wildman–Crippen LogP) is 1.56. The van der Waals surface area contributed by atoms with Gasteiger partial charge in [0.05, 0.1) is 6.21 Å². The number of likely N-dealkylation sites (N-methyl/N-ethyl adjacent to an activating group) is 1. The molecule has 0 aliphatic carbocycles. The summed E-state index contributed by atoms with van der Waals surface area (Å²) in [5, 5.41) is 4.81. The average Bonchev–Trinajstić information content (AvgIpc) is 2.69. The maximum atomic E-state index is 5.17. The Balaban J connectivity index is 2.32. The van der Waals surface area contributed by atoms with Crippen molar-refractivity contribution in [2.45, 2.75) is 6.42 Å². The molecule has 0 bridgehead atoms. The second-order valence-electron chi connectivity index (χ2n) is 4.45. The highest BCUT2D eigenvalue weighted by atomic mass is 15.1. The number of hydrogen-bond acceptors (Lipinski definition) is 3. The summed E-state index contributed by atoms with van der Waals surface area (Å²) in [6.45, 7) is 1.04. The van der Waals surface area contributed by atoms with Gasteiger partial charge in [-0.05, 0) is 43.8 Å². The van der Waals surface area contributed by atoms with Crippen molar-refractivity contribution < 1.29 is 0 Å². The summed E-state index contributed by atoms with van der Waals surface area (Å²) >= 11 is 0. The normalized spacial score (nSPS) is 11.9. The lowest BCUT2D eigenvalue weighted by atomic mass is 10.1.